The molecular formula is C18H17N3O4. The van der Waals surface area contributed by atoms with Gasteiger partial charge in [-0.05, 0) is 31.5 Å². The summed E-state index contributed by atoms with van der Waals surface area (Å²) < 4.78 is 7.06. The molecule has 0 radical (unpaired) electrons. The van der Waals surface area contributed by atoms with E-state index in [1.165, 1.54) is 6.07 Å². The van der Waals surface area contributed by atoms with E-state index in [9.17, 15) is 14.9 Å². The molecule has 7 nitrogen and oxygen atoms in total. The van der Waals surface area contributed by atoms with Gasteiger partial charge in [0.2, 0.25) is 5.91 Å². The van der Waals surface area contributed by atoms with Crippen LogP contribution in [0.2, 0.25) is 0 Å². The summed E-state index contributed by atoms with van der Waals surface area (Å²) in [5, 5.41) is 10.9. The van der Waals surface area contributed by atoms with Gasteiger partial charge in [0.1, 0.15) is 5.82 Å². The number of ether oxygens (including phenoxy) is 1. The van der Waals surface area contributed by atoms with Crippen molar-refractivity contribution in [3.63, 3.8) is 0 Å². The first-order valence-corrected chi connectivity index (χ1v) is 7.91. The van der Waals surface area contributed by atoms with E-state index in [4.69, 9.17) is 4.74 Å². The van der Waals surface area contributed by atoms with E-state index in [2.05, 4.69) is 4.98 Å². The molecule has 128 valence electrons. The average molecular weight is 339 g/mol. The molecule has 0 atom stereocenters. The number of rotatable bonds is 6. The molecule has 0 saturated heterocycles. The number of imidazole rings is 1. The monoisotopic (exact) mass is 339 g/mol. The summed E-state index contributed by atoms with van der Waals surface area (Å²) >= 11 is 0. The lowest BCUT2D eigenvalue weighted by atomic mass is 10.2. The maximum absolute atomic E-state index is 12.5. The van der Waals surface area contributed by atoms with Gasteiger partial charge in [-0.2, -0.15) is 0 Å². The van der Waals surface area contributed by atoms with E-state index in [1.807, 2.05) is 24.3 Å². The number of hydrogen-bond donors (Lipinski definition) is 0. The van der Waals surface area contributed by atoms with Crippen molar-refractivity contribution in [1.29, 1.82) is 0 Å². The third kappa shape index (κ3) is 3.50. The summed E-state index contributed by atoms with van der Waals surface area (Å²) in [6, 6.07) is 13.7. The van der Waals surface area contributed by atoms with Gasteiger partial charge in [-0.1, -0.05) is 24.3 Å². The first-order valence-electron chi connectivity index (χ1n) is 7.91. The maximum atomic E-state index is 12.5. The molecule has 0 spiro atoms. The third-order valence-corrected chi connectivity index (χ3v) is 3.83. The number of para-hydroxylation sites is 4. The van der Waals surface area contributed by atoms with Gasteiger partial charge < -0.3 is 4.74 Å². The highest BCUT2D eigenvalue weighted by Crippen LogP contribution is 2.26. The predicted octanol–water partition coefficient (Wildman–Crippen LogP) is 3.75. The normalized spacial score (nSPS) is 10.8. The largest absolute Gasteiger partial charge is 0.487 e. The standard InChI is InChI=1S/C18H17N3O4/c1-13-19-14-7-2-3-8-15(14)20(13)18(22)11-6-12-25-17-10-5-4-9-16(17)21(23)24/h2-5,7-10H,6,11-12H2,1H3. The van der Waals surface area contributed by atoms with Crippen molar-refractivity contribution in [3.8, 4) is 5.75 Å². The van der Waals surface area contributed by atoms with Gasteiger partial charge in [-0.3, -0.25) is 19.5 Å². The second-order valence-corrected chi connectivity index (χ2v) is 5.55. The number of aromatic nitrogens is 2. The number of nitro benzene ring substituents is 1. The fraction of sp³-hybridized carbons (Fsp3) is 0.222. The number of benzene rings is 2. The fourth-order valence-electron chi connectivity index (χ4n) is 2.71. The molecule has 0 amide bonds. The van der Waals surface area contributed by atoms with Crippen molar-refractivity contribution >= 4 is 22.6 Å². The minimum absolute atomic E-state index is 0.0719. The fourth-order valence-corrected chi connectivity index (χ4v) is 2.71. The van der Waals surface area contributed by atoms with Gasteiger partial charge in [0.15, 0.2) is 5.75 Å². The number of carbonyl (C=O) groups is 1. The van der Waals surface area contributed by atoms with Crippen LogP contribution in [-0.4, -0.2) is 27.0 Å². The third-order valence-electron chi connectivity index (χ3n) is 3.83. The Bertz CT molecular complexity index is 933. The molecule has 0 aliphatic heterocycles. The Morgan fingerprint density at radius 1 is 1.20 bits per heavy atom. The van der Waals surface area contributed by atoms with Crippen molar-refractivity contribution < 1.29 is 14.5 Å². The molecule has 3 aromatic rings. The summed E-state index contributed by atoms with van der Waals surface area (Å²) in [6.07, 6.45) is 0.721. The minimum Gasteiger partial charge on any atom is -0.487 e. The molecule has 0 N–H and O–H groups in total. The second kappa shape index (κ2) is 7.12. The summed E-state index contributed by atoms with van der Waals surface area (Å²) in [7, 11) is 0. The highest BCUT2D eigenvalue weighted by atomic mass is 16.6. The zero-order valence-corrected chi connectivity index (χ0v) is 13.7. The van der Waals surface area contributed by atoms with Crippen LogP contribution in [0.4, 0.5) is 5.69 Å². The van der Waals surface area contributed by atoms with Crippen molar-refractivity contribution in [3.05, 3.63) is 64.5 Å². The van der Waals surface area contributed by atoms with Gasteiger partial charge in [-0.15, -0.1) is 0 Å². The van der Waals surface area contributed by atoms with Crippen LogP contribution in [0.3, 0.4) is 0 Å². The zero-order valence-electron chi connectivity index (χ0n) is 13.7. The Morgan fingerprint density at radius 3 is 2.72 bits per heavy atom. The lowest BCUT2D eigenvalue weighted by Gasteiger charge is -2.08. The predicted molar refractivity (Wildman–Crippen MR) is 92.9 cm³/mol. The van der Waals surface area contributed by atoms with Gasteiger partial charge in [0.05, 0.1) is 22.6 Å². The lowest BCUT2D eigenvalue weighted by molar-refractivity contribution is -0.385. The first-order chi connectivity index (χ1) is 12.1. The Balaban J connectivity index is 1.62. The average Bonchev–Trinajstić information content (AvgIpc) is 2.94. The molecule has 2 aromatic carbocycles. The Kier molecular flexibility index (Phi) is 4.74. The van der Waals surface area contributed by atoms with Crippen LogP contribution in [0, 0.1) is 17.0 Å². The molecule has 3 rings (SSSR count). The van der Waals surface area contributed by atoms with E-state index >= 15 is 0 Å². The van der Waals surface area contributed by atoms with E-state index in [0.717, 1.165) is 11.0 Å². The molecule has 0 aliphatic rings. The van der Waals surface area contributed by atoms with E-state index in [1.54, 1.807) is 29.7 Å². The smallest absolute Gasteiger partial charge is 0.310 e. The van der Waals surface area contributed by atoms with Crippen molar-refractivity contribution in [2.75, 3.05) is 6.61 Å². The van der Waals surface area contributed by atoms with Crippen LogP contribution in [-0.2, 0) is 0 Å². The van der Waals surface area contributed by atoms with E-state index < -0.39 is 4.92 Å². The number of fused-ring (bicyclic) bond motifs is 1. The maximum Gasteiger partial charge on any atom is 0.310 e. The van der Waals surface area contributed by atoms with Crippen LogP contribution >= 0.6 is 0 Å². The lowest BCUT2D eigenvalue weighted by Crippen LogP contribution is -2.13. The van der Waals surface area contributed by atoms with E-state index in [0.29, 0.717) is 12.2 Å². The number of carbonyl (C=O) groups excluding carboxylic acids is 1. The number of nitrogens with zero attached hydrogens (tertiary/aromatic N) is 3. The topological polar surface area (TPSA) is 87.3 Å². The van der Waals surface area contributed by atoms with Gasteiger partial charge in [0, 0.05) is 12.5 Å². The van der Waals surface area contributed by atoms with Crippen LogP contribution in [0.1, 0.15) is 23.5 Å². The van der Waals surface area contributed by atoms with Crippen LogP contribution < -0.4 is 4.74 Å². The quantitative estimate of drug-likeness (QED) is 0.388. The van der Waals surface area contributed by atoms with Crippen LogP contribution in [0.15, 0.2) is 48.5 Å². The van der Waals surface area contributed by atoms with Crippen molar-refractivity contribution in [1.82, 2.24) is 9.55 Å². The molecule has 25 heavy (non-hydrogen) atoms. The highest BCUT2D eigenvalue weighted by molar-refractivity contribution is 5.91. The molecule has 0 unspecified atom stereocenters. The molecule has 7 heteroatoms. The number of nitro groups is 1. The summed E-state index contributed by atoms with van der Waals surface area (Å²) in [6.45, 7) is 2.02. The Labute approximate surface area is 144 Å². The minimum atomic E-state index is -0.485. The summed E-state index contributed by atoms with van der Waals surface area (Å²) in [5.41, 5.74) is 1.49. The Morgan fingerprint density at radius 2 is 1.92 bits per heavy atom. The second-order valence-electron chi connectivity index (χ2n) is 5.55. The van der Waals surface area contributed by atoms with Crippen LogP contribution in [0.5, 0.6) is 5.75 Å². The van der Waals surface area contributed by atoms with Gasteiger partial charge in [-0.25, -0.2) is 4.98 Å². The van der Waals surface area contributed by atoms with Crippen molar-refractivity contribution in [2.24, 2.45) is 0 Å². The molecule has 0 saturated carbocycles. The number of aryl methyl sites for hydroxylation is 1. The molecule has 0 aliphatic carbocycles. The first kappa shape index (κ1) is 16.6. The zero-order chi connectivity index (χ0) is 17.8. The molecular weight excluding hydrogens is 322 g/mol. The Hall–Kier alpha value is -3.22. The SMILES string of the molecule is Cc1nc2ccccc2n1C(=O)CCCOc1ccccc1[N+](=O)[O-]. The van der Waals surface area contributed by atoms with Crippen LogP contribution in [0.25, 0.3) is 11.0 Å². The van der Waals surface area contributed by atoms with E-state index in [-0.39, 0.29) is 30.4 Å². The van der Waals surface area contributed by atoms with Crippen molar-refractivity contribution in [2.45, 2.75) is 19.8 Å². The highest BCUT2D eigenvalue weighted by Gasteiger charge is 2.15. The molecule has 1 aromatic heterocycles. The summed E-state index contributed by atoms with van der Waals surface area (Å²) in [4.78, 5) is 27.3. The van der Waals surface area contributed by atoms with Gasteiger partial charge in [0.25, 0.3) is 0 Å². The number of hydrogen-bond acceptors (Lipinski definition) is 5. The molecule has 0 fully saturated rings. The summed E-state index contributed by atoms with van der Waals surface area (Å²) in [5.74, 6) is 0.785. The molecule has 0 bridgehead atoms. The molecule has 1 heterocycles. The van der Waals surface area contributed by atoms with Gasteiger partial charge >= 0.3 is 5.69 Å².